The van der Waals surface area contributed by atoms with Gasteiger partial charge >= 0.3 is 0 Å². The summed E-state index contributed by atoms with van der Waals surface area (Å²) in [5.41, 5.74) is 2.58. The van der Waals surface area contributed by atoms with E-state index in [1.165, 1.54) is 11.1 Å². The Morgan fingerprint density at radius 1 is 1.21 bits per heavy atom. The topological polar surface area (TPSA) is 60.6 Å². The van der Waals surface area contributed by atoms with Crippen molar-refractivity contribution in [3.63, 3.8) is 0 Å². The van der Waals surface area contributed by atoms with Crippen molar-refractivity contribution in [2.24, 2.45) is 0 Å². The van der Waals surface area contributed by atoms with Crippen LogP contribution < -0.4 is 9.47 Å². The highest BCUT2D eigenvalue weighted by Gasteiger charge is 2.26. The summed E-state index contributed by atoms with van der Waals surface area (Å²) in [7, 11) is 3.34. The average molecular weight is 331 g/mol. The van der Waals surface area contributed by atoms with Crippen LogP contribution in [0.1, 0.15) is 49.2 Å². The van der Waals surface area contributed by atoms with E-state index in [1.54, 1.807) is 14.2 Å². The van der Waals surface area contributed by atoms with Crippen LogP contribution in [-0.2, 0) is 19.4 Å². The van der Waals surface area contributed by atoms with Crippen molar-refractivity contribution < 1.29 is 14.0 Å². The molecule has 6 nitrogen and oxygen atoms in total. The van der Waals surface area contributed by atoms with E-state index in [1.807, 2.05) is 0 Å². The van der Waals surface area contributed by atoms with Crippen molar-refractivity contribution in [1.29, 1.82) is 0 Å². The maximum atomic E-state index is 5.45. The van der Waals surface area contributed by atoms with Gasteiger partial charge in [0.1, 0.15) is 0 Å². The Bertz CT molecular complexity index is 699. The van der Waals surface area contributed by atoms with Crippen LogP contribution in [0.4, 0.5) is 0 Å². The van der Waals surface area contributed by atoms with Crippen LogP contribution in [0.2, 0.25) is 0 Å². The number of methoxy groups -OCH3 is 2. The molecule has 1 unspecified atom stereocenters. The molecule has 0 saturated heterocycles. The van der Waals surface area contributed by atoms with Crippen molar-refractivity contribution in [3.8, 4) is 11.5 Å². The van der Waals surface area contributed by atoms with Crippen LogP contribution in [0, 0.1) is 0 Å². The number of benzene rings is 1. The summed E-state index contributed by atoms with van der Waals surface area (Å²) in [5.74, 6) is 3.05. The normalized spacial score (nSPS) is 15.8. The molecule has 0 saturated carbocycles. The Hall–Kier alpha value is -2.08. The standard InChI is InChI=1S/C18H25N3O3/c1-5-6-17-19-18(24-20-17)12(2)21-8-7-13-9-15(22-3)16(23-4)10-14(13)11-21/h9-10,12H,5-8,11H2,1-4H3. The van der Waals surface area contributed by atoms with E-state index in [4.69, 9.17) is 14.0 Å². The molecule has 3 rings (SSSR count). The first kappa shape index (κ1) is 16.8. The van der Waals surface area contributed by atoms with Crippen molar-refractivity contribution in [3.05, 3.63) is 35.0 Å². The van der Waals surface area contributed by atoms with E-state index in [0.717, 1.165) is 49.7 Å². The molecule has 130 valence electrons. The summed E-state index contributed by atoms with van der Waals surface area (Å²) >= 11 is 0. The molecule has 0 aliphatic carbocycles. The first-order chi connectivity index (χ1) is 11.7. The number of hydrogen-bond acceptors (Lipinski definition) is 6. The molecule has 0 amide bonds. The van der Waals surface area contributed by atoms with Crippen LogP contribution in [0.15, 0.2) is 16.7 Å². The van der Waals surface area contributed by atoms with Crippen LogP contribution in [-0.4, -0.2) is 35.8 Å². The zero-order valence-corrected chi connectivity index (χ0v) is 14.8. The Kier molecular flexibility index (Phi) is 5.04. The Labute approximate surface area is 142 Å². The maximum absolute atomic E-state index is 5.45. The van der Waals surface area contributed by atoms with E-state index in [0.29, 0.717) is 5.89 Å². The molecular weight excluding hydrogens is 306 g/mol. The van der Waals surface area contributed by atoms with Gasteiger partial charge in [-0.15, -0.1) is 0 Å². The fourth-order valence-electron chi connectivity index (χ4n) is 3.15. The lowest BCUT2D eigenvalue weighted by molar-refractivity contribution is 0.157. The smallest absolute Gasteiger partial charge is 0.243 e. The number of aromatic nitrogens is 2. The highest BCUT2D eigenvalue weighted by Crippen LogP contribution is 2.35. The molecule has 0 spiro atoms. The predicted molar refractivity (Wildman–Crippen MR) is 90.4 cm³/mol. The van der Waals surface area contributed by atoms with Crippen molar-refractivity contribution in [1.82, 2.24) is 15.0 Å². The van der Waals surface area contributed by atoms with E-state index in [2.05, 4.69) is 41.0 Å². The third-order valence-electron chi connectivity index (χ3n) is 4.61. The SMILES string of the molecule is CCCc1noc(C(C)N2CCc3cc(OC)c(OC)cc3C2)n1. The molecule has 1 aromatic heterocycles. The predicted octanol–water partition coefficient (Wildman–Crippen LogP) is 3.16. The molecule has 0 bridgehead atoms. The lowest BCUT2D eigenvalue weighted by Crippen LogP contribution is -2.33. The number of fused-ring (bicyclic) bond motifs is 1. The number of aryl methyl sites for hydroxylation is 1. The summed E-state index contributed by atoms with van der Waals surface area (Å²) < 4.78 is 16.3. The van der Waals surface area contributed by atoms with E-state index in [-0.39, 0.29) is 6.04 Å². The van der Waals surface area contributed by atoms with Gasteiger partial charge in [-0.2, -0.15) is 4.98 Å². The highest BCUT2D eigenvalue weighted by molar-refractivity contribution is 5.48. The second kappa shape index (κ2) is 7.21. The molecule has 1 atom stereocenters. The van der Waals surface area contributed by atoms with Crippen molar-refractivity contribution in [2.75, 3.05) is 20.8 Å². The molecule has 1 aliphatic rings. The zero-order chi connectivity index (χ0) is 17.1. The molecule has 0 N–H and O–H groups in total. The fraction of sp³-hybridized carbons (Fsp3) is 0.556. The fourth-order valence-corrected chi connectivity index (χ4v) is 3.15. The van der Waals surface area contributed by atoms with Gasteiger partial charge in [0.15, 0.2) is 17.3 Å². The van der Waals surface area contributed by atoms with Gasteiger partial charge in [0.25, 0.3) is 0 Å². The highest BCUT2D eigenvalue weighted by atomic mass is 16.5. The van der Waals surface area contributed by atoms with Gasteiger partial charge in [0.05, 0.1) is 20.3 Å². The maximum Gasteiger partial charge on any atom is 0.243 e. The largest absolute Gasteiger partial charge is 0.493 e. The van der Waals surface area contributed by atoms with Gasteiger partial charge in [0.2, 0.25) is 5.89 Å². The van der Waals surface area contributed by atoms with E-state index >= 15 is 0 Å². The zero-order valence-electron chi connectivity index (χ0n) is 14.8. The third-order valence-corrected chi connectivity index (χ3v) is 4.61. The van der Waals surface area contributed by atoms with Gasteiger partial charge in [-0.1, -0.05) is 12.1 Å². The summed E-state index contributed by atoms with van der Waals surface area (Å²) in [5, 5.41) is 4.07. The number of rotatable bonds is 6. The van der Waals surface area contributed by atoms with E-state index in [9.17, 15) is 0 Å². The Morgan fingerprint density at radius 2 is 1.92 bits per heavy atom. The first-order valence-corrected chi connectivity index (χ1v) is 8.46. The van der Waals surface area contributed by atoms with Gasteiger partial charge < -0.3 is 14.0 Å². The average Bonchev–Trinajstić information content (AvgIpc) is 3.08. The van der Waals surface area contributed by atoms with Crippen LogP contribution in [0.3, 0.4) is 0 Å². The molecule has 0 radical (unpaired) electrons. The minimum Gasteiger partial charge on any atom is -0.493 e. The second-order valence-corrected chi connectivity index (χ2v) is 6.17. The Morgan fingerprint density at radius 3 is 2.58 bits per heavy atom. The first-order valence-electron chi connectivity index (χ1n) is 8.46. The lowest BCUT2D eigenvalue weighted by atomic mass is 9.97. The number of nitrogens with zero attached hydrogens (tertiary/aromatic N) is 3. The lowest BCUT2D eigenvalue weighted by Gasteiger charge is -2.32. The summed E-state index contributed by atoms with van der Waals surface area (Å²) in [6, 6.07) is 4.26. The third kappa shape index (κ3) is 3.24. The summed E-state index contributed by atoms with van der Waals surface area (Å²) in [6.07, 6.45) is 2.85. The Balaban J connectivity index is 1.78. The molecule has 1 aromatic carbocycles. The van der Waals surface area contributed by atoms with Crippen LogP contribution in [0.5, 0.6) is 11.5 Å². The molecule has 0 fully saturated rings. The van der Waals surface area contributed by atoms with Gasteiger partial charge in [-0.25, -0.2) is 0 Å². The van der Waals surface area contributed by atoms with Crippen molar-refractivity contribution >= 4 is 0 Å². The van der Waals surface area contributed by atoms with Gasteiger partial charge in [0, 0.05) is 19.5 Å². The molecule has 24 heavy (non-hydrogen) atoms. The molecule has 1 aliphatic heterocycles. The quantitative estimate of drug-likeness (QED) is 0.810. The van der Waals surface area contributed by atoms with E-state index < -0.39 is 0 Å². The van der Waals surface area contributed by atoms with Gasteiger partial charge in [-0.3, -0.25) is 4.90 Å². The minimum atomic E-state index is 0.101. The number of hydrogen-bond donors (Lipinski definition) is 0. The molecule has 6 heteroatoms. The molecule has 2 heterocycles. The summed E-state index contributed by atoms with van der Waals surface area (Å²) in [4.78, 5) is 6.89. The number of ether oxygens (including phenoxy) is 2. The summed E-state index contributed by atoms with van der Waals surface area (Å²) in [6.45, 7) is 6.02. The van der Waals surface area contributed by atoms with Crippen LogP contribution in [0.25, 0.3) is 0 Å². The van der Waals surface area contributed by atoms with Crippen molar-refractivity contribution in [2.45, 2.75) is 45.7 Å². The second-order valence-electron chi connectivity index (χ2n) is 6.17. The van der Waals surface area contributed by atoms with Gasteiger partial charge in [-0.05, 0) is 43.0 Å². The molecule has 2 aromatic rings. The minimum absolute atomic E-state index is 0.101. The molecular formula is C18H25N3O3. The monoisotopic (exact) mass is 331 g/mol. The van der Waals surface area contributed by atoms with Crippen LogP contribution >= 0.6 is 0 Å².